The first-order valence-corrected chi connectivity index (χ1v) is 10.0. The number of hydrogen-bond donors (Lipinski definition) is 2. The van der Waals surface area contributed by atoms with Crippen molar-refractivity contribution in [3.63, 3.8) is 0 Å². The fraction of sp³-hybridized carbons (Fsp3) is 0.389. The lowest BCUT2D eigenvalue weighted by molar-refractivity contribution is 0.0953. The SMILES string of the molecule is O=C(NCCc1ccco1)c1ccc(S(=O)(=O)NCC2CCCO2)cc1. The number of carbonyl (C=O) groups is 1. The van der Waals surface area contributed by atoms with Gasteiger partial charge in [-0.25, -0.2) is 13.1 Å². The summed E-state index contributed by atoms with van der Waals surface area (Å²) in [7, 11) is -3.61. The zero-order valence-corrected chi connectivity index (χ0v) is 15.1. The van der Waals surface area contributed by atoms with Gasteiger partial charge in [0.25, 0.3) is 5.91 Å². The van der Waals surface area contributed by atoms with Crippen molar-refractivity contribution in [2.24, 2.45) is 0 Å². The molecule has 1 saturated heterocycles. The van der Waals surface area contributed by atoms with Crippen molar-refractivity contribution < 1.29 is 22.4 Å². The number of rotatable bonds is 8. The van der Waals surface area contributed by atoms with Gasteiger partial charge in [-0.3, -0.25) is 4.79 Å². The number of nitrogens with one attached hydrogen (secondary N) is 2. The summed E-state index contributed by atoms with van der Waals surface area (Å²) >= 11 is 0. The molecule has 1 aromatic heterocycles. The summed E-state index contributed by atoms with van der Waals surface area (Å²) in [4.78, 5) is 12.2. The number of ether oxygens (including phenoxy) is 1. The molecule has 0 aliphatic carbocycles. The van der Waals surface area contributed by atoms with Crippen LogP contribution in [0.2, 0.25) is 0 Å². The highest BCUT2D eigenvalue weighted by Gasteiger charge is 2.20. The Kier molecular flexibility index (Phi) is 6.08. The van der Waals surface area contributed by atoms with Crippen molar-refractivity contribution in [2.75, 3.05) is 19.7 Å². The van der Waals surface area contributed by atoms with E-state index in [9.17, 15) is 13.2 Å². The van der Waals surface area contributed by atoms with Crippen LogP contribution in [0.1, 0.15) is 29.0 Å². The van der Waals surface area contributed by atoms with E-state index >= 15 is 0 Å². The lowest BCUT2D eigenvalue weighted by Crippen LogP contribution is -2.32. The van der Waals surface area contributed by atoms with Crippen LogP contribution in [0.5, 0.6) is 0 Å². The van der Waals surface area contributed by atoms with E-state index in [-0.39, 0.29) is 23.5 Å². The number of benzene rings is 1. The van der Waals surface area contributed by atoms with E-state index in [4.69, 9.17) is 9.15 Å². The molecule has 0 bridgehead atoms. The van der Waals surface area contributed by atoms with Crippen LogP contribution in [-0.4, -0.2) is 40.1 Å². The first kappa shape index (κ1) is 18.6. The highest BCUT2D eigenvalue weighted by molar-refractivity contribution is 7.89. The van der Waals surface area contributed by atoms with Crippen LogP contribution >= 0.6 is 0 Å². The van der Waals surface area contributed by atoms with Gasteiger partial charge in [-0.05, 0) is 49.2 Å². The summed E-state index contributed by atoms with van der Waals surface area (Å²) in [6, 6.07) is 9.50. The summed E-state index contributed by atoms with van der Waals surface area (Å²) in [6.45, 7) is 1.38. The zero-order chi connectivity index (χ0) is 18.4. The second-order valence-electron chi connectivity index (χ2n) is 6.10. The molecule has 3 rings (SSSR count). The highest BCUT2D eigenvalue weighted by atomic mass is 32.2. The second kappa shape index (κ2) is 8.48. The third-order valence-corrected chi connectivity index (χ3v) is 5.63. The summed E-state index contributed by atoms with van der Waals surface area (Å²) in [5.41, 5.74) is 0.405. The molecule has 2 aromatic rings. The topological polar surface area (TPSA) is 97.6 Å². The molecule has 1 unspecified atom stereocenters. The third kappa shape index (κ3) is 4.94. The molecule has 0 radical (unpaired) electrons. The van der Waals surface area contributed by atoms with E-state index in [2.05, 4.69) is 10.0 Å². The molecule has 8 heteroatoms. The van der Waals surface area contributed by atoms with Gasteiger partial charge in [-0.15, -0.1) is 0 Å². The molecular formula is C18H22N2O5S. The van der Waals surface area contributed by atoms with E-state index in [0.29, 0.717) is 25.1 Å². The molecule has 1 amide bonds. The van der Waals surface area contributed by atoms with E-state index in [0.717, 1.165) is 18.6 Å². The van der Waals surface area contributed by atoms with Gasteiger partial charge in [0.2, 0.25) is 10.0 Å². The Balaban J connectivity index is 1.52. The van der Waals surface area contributed by atoms with Gasteiger partial charge in [0.05, 0.1) is 17.3 Å². The maximum Gasteiger partial charge on any atom is 0.251 e. The second-order valence-corrected chi connectivity index (χ2v) is 7.86. The fourth-order valence-electron chi connectivity index (χ4n) is 2.73. The van der Waals surface area contributed by atoms with Gasteiger partial charge in [-0.2, -0.15) is 0 Å². The Hall–Kier alpha value is -2.16. The molecule has 7 nitrogen and oxygen atoms in total. The summed E-state index contributed by atoms with van der Waals surface area (Å²) in [6.07, 6.45) is 3.93. The molecular weight excluding hydrogens is 356 g/mol. The largest absolute Gasteiger partial charge is 0.469 e. The summed E-state index contributed by atoms with van der Waals surface area (Å²) in [5.74, 6) is 0.539. The lowest BCUT2D eigenvalue weighted by Gasteiger charge is -2.11. The lowest BCUT2D eigenvalue weighted by atomic mass is 10.2. The molecule has 0 spiro atoms. The predicted octanol–water partition coefficient (Wildman–Crippen LogP) is 1.71. The van der Waals surface area contributed by atoms with E-state index in [1.807, 2.05) is 6.07 Å². The Labute approximate surface area is 152 Å². The van der Waals surface area contributed by atoms with Crippen molar-refractivity contribution in [3.05, 3.63) is 54.0 Å². The van der Waals surface area contributed by atoms with E-state index in [1.54, 1.807) is 12.3 Å². The average Bonchev–Trinajstić information content (AvgIpc) is 3.34. The van der Waals surface area contributed by atoms with Crippen molar-refractivity contribution in [3.8, 4) is 0 Å². The number of amides is 1. The van der Waals surface area contributed by atoms with Crippen LogP contribution in [0.25, 0.3) is 0 Å². The fourth-order valence-corrected chi connectivity index (χ4v) is 3.80. The average molecular weight is 378 g/mol. The normalized spacial score (nSPS) is 17.3. The van der Waals surface area contributed by atoms with Crippen LogP contribution < -0.4 is 10.0 Å². The van der Waals surface area contributed by atoms with E-state index in [1.165, 1.54) is 24.3 Å². The molecule has 140 valence electrons. The van der Waals surface area contributed by atoms with Crippen LogP contribution in [0, 0.1) is 0 Å². The predicted molar refractivity (Wildman–Crippen MR) is 95.3 cm³/mol. The molecule has 1 atom stereocenters. The van der Waals surface area contributed by atoms with Gasteiger partial charge in [0, 0.05) is 31.7 Å². The Bertz CT molecular complexity index is 810. The van der Waals surface area contributed by atoms with Gasteiger partial charge in [0.1, 0.15) is 5.76 Å². The number of sulfonamides is 1. The Morgan fingerprint density at radius 3 is 2.65 bits per heavy atom. The highest BCUT2D eigenvalue weighted by Crippen LogP contribution is 2.14. The van der Waals surface area contributed by atoms with E-state index < -0.39 is 10.0 Å². The maximum atomic E-state index is 12.3. The van der Waals surface area contributed by atoms with Crippen LogP contribution in [0.15, 0.2) is 52.0 Å². The minimum absolute atomic E-state index is 0.0658. The van der Waals surface area contributed by atoms with Crippen LogP contribution in [-0.2, 0) is 21.2 Å². The smallest absolute Gasteiger partial charge is 0.251 e. The first-order chi connectivity index (χ1) is 12.5. The van der Waals surface area contributed by atoms with Gasteiger partial charge in [0.15, 0.2) is 0 Å². The van der Waals surface area contributed by atoms with Crippen molar-refractivity contribution in [1.29, 1.82) is 0 Å². The molecule has 1 aliphatic heterocycles. The van der Waals surface area contributed by atoms with Gasteiger partial charge < -0.3 is 14.5 Å². The maximum absolute atomic E-state index is 12.3. The first-order valence-electron chi connectivity index (χ1n) is 8.56. The number of carbonyl (C=O) groups excluding carboxylic acids is 1. The molecule has 2 N–H and O–H groups in total. The van der Waals surface area contributed by atoms with Gasteiger partial charge in [-0.1, -0.05) is 0 Å². The summed E-state index contributed by atoms with van der Waals surface area (Å²) < 4.78 is 37.8. The van der Waals surface area contributed by atoms with Crippen LogP contribution in [0.4, 0.5) is 0 Å². The Morgan fingerprint density at radius 2 is 2.00 bits per heavy atom. The summed E-state index contributed by atoms with van der Waals surface area (Å²) in [5, 5.41) is 2.78. The minimum Gasteiger partial charge on any atom is -0.469 e. The third-order valence-electron chi connectivity index (χ3n) is 4.19. The molecule has 0 saturated carbocycles. The van der Waals surface area contributed by atoms with Gasteiger partial charge >= 0.3 is 0 Å². The van der Waals surface area contributed by atoms with Crippen molar-refractivity contribution in [2.45, 2.75) is 30.3 Å². The molecule has 1 aliphatic rings. The number of furan rings is 1. The monoisotopic (exact) mass is 378 g/mol. The zero-order valence-electron chi connectivity index (χ0n) is 14.3. The minimum atomic E-state index is -3.61. The molecule has 2 heterocycles. The van der Waals surface area contributed by atoms with Crippen molar-refractivity contribution >= 4 is 15.9 Å². The molecule has 1 aromatic carbocycles. The number of hydrogen-bond acceptors (Lipinski definition) is 5. The molecule has 26 heavy (non-hydrogen) atoms. The molecule has 1 fully saturated rings. The quantitative estimate of drug-likeness (QED) is 0.729. The van der Waals surface area contributed by atoms with Crippen molar-refractivity contribution in [1.82, 2.24) is 10.0 Å². The Morgan fingerprint density at radius 1 is 1.19 bits per heavy atom. The standard InChI is InChI=1S/C18H22N2O5S/c21-18(19-10-9-15-3-1-11-24-15)14-5-7-17(8-6-14)26(22,23)20-13-16-4-2-12-25-16/h1,3,5-8,11,16,20H,2,4,9-10,12-13H2,(H,19,21). The van der Waals surface area contributed by atoms with Crippen LogP contribution in [0.3, 0.4) is 0 Å².